The van der Waals surface area contributed by atoms with Gasteiger partial charge in [0, 0.05) is 54.0 Å². The Morgan fingerprint density at radius 3 is 1.97 bits per heavy atom. The highest BCUT2D eigenvalue weighted by molar-refractivity contribution is 6.31. The smallest absolute Gasteiger partial charge is 0.257 e. The third-order valence-electron chi connectivity index (χ3n) is 6.60. The van der Waals surface area contributed by atoms with Crippen molar-refractivity contribution in [1.29, 1.82) is 0 Å². The number of anilines is 5. The van der Waals surface area contributed by atoms with Gasteiger partial charge < -0.3 is 20.4 Å². The first-order chi connectivity index (χ1) is 17.6. The molecule has 1 aliphatic heterocycles. The van der Waals surface area contributed by atoms with E-state index < -0.39 is 0 Å². The number of amides is 1. The number of benzene rings is 4. The molecule has 1 fully saturated rings. The first-order valence-electron chi connectivity index (χ1n) is 12.2. The van der Waals surface area contributed by atoms with Crippen molar-refractivity contribution < 1.29 is 4.79 Å². The molecule has 0 radical (unpaired) electrons. The first kappa shape index (κ1) is 23.8. The summed E-state index contributed by atoms with van der Waals surface area (Å²) in [7, 11) is 0. The van der Waals surface area contributed by atoms with Gasteiger partial charge in [0.2, 0.25) is 0 Å². The van der Waals surface area contributed by atoms with Gasteiger partial charge in [0.05, 0.1) is 11.3 Å². The summed E-state index contributed by atoms with van der Waals surface area (Å²) in [6, 6.07) is 31.8. The SMILES string of the molecule is Cc1c(Cl)cccc1Nc1ccccc1C(=O)Nc1ccc(N2CCN(c3ccccc3)CC2)cc1. The molecule has 0 aliphatic carbocycles. The van der Waals surface area contributed by atoms with Gasteiger partial charge >= 0.3 is 0 Å². The predicted molar refractivity (Wildman–Crippen MR) is 151 cm³/mol. The van der Waals surface area contributed by atoms with Crippen molar-refractivity contribution in [2.45, 2.75) is 6.92 Å². The number of piperazine rings is 1. The fourth-order valence-electron chi connectivity index (χ4n) is 4.49. The Balaban J connectivity index is 1.23. The summed E-state index contributed by atoms with van der Waals surface area (Å²) in [6.07, 6.45) is 0. The zero-order valence-corrected chi connectivity index (χ0v) is 21.0. The highest BCUT2D eigenvalue weighted by atomic mass is 35.5. The molecule has 182 valence electrons. The van der Waals surface area contributed by atoms with Gasteiger partial charge in [-0.3, -0.25) is 4.79 Å². The lowest BCUT2D eigenvalue weighted by atomic mass is 10.1. The van der Waals surface area contributed by atoms with Crippen molar-refractivity contribution in [3.8, 4) is 0 Å². The normalized spacial score (nSPS) is 13.4. The number of rotatable bonds is 6. The average molecular weight is 497 g/mol. The van der Waals surface area contributed by atoms with Gasteiger partial charge in [0.15, 0.2) is 0 Å². The fraction of sp³-hybridized carbons (Fsp3) is 0.167. The van der Waals surface area contributed by atoms with E-state index in [0.29, 0.717) is 10.6 Å². The zero-order valence-electron chi connectivity index (χ0n) is 20.2. The van der Waals surface area contributed by atoms with Crippen LogP contribution in [0.3, 0.4) is 0 Å². The van der Waals surface area contributed by atoms with E-state index in [1.807, 2.05) is 61.5 Å². The van der Waals surface area contributed by atoms with Gasteiger partial charge in [-0.25, -0.2) is 0 Å². The molecule has 5 rings (SSSR count). The molecule has 5 nitrogen and oxygen atoms in total. The number of nitrogens with one attached hydrogen (secondary N) is 2. The molecule has 1 saturated heterocycles. The molecule has 0 aromatic heterocycles. The van der Waals surface area contributed by atoms with Crippen LogP contribution in [0.15, 0.2) is 97.1 Å². The van der Waals surface area contributed by atoms with Crippen molar-refractivity contribution in [3.05, 3.63) is 113 Å². The van der Waals surface area contributed by atoms with Gasteiger partial charge in [-0.1, -0.05) is 48.0 Å². The average Bonchev–Trinajstić information content (AvgIpc) is 2.92. The van der Waals surface area contributed by atoms with Crippen LogP contribution in [0.25, 0.3) is 0 Å². The van der Waals surface area contributed by atoms with Crippen molar-refractivity contribution in [2.75, 3.05) is 46.6 Å². The molecule has 0 spiro atoms. The Hall–Kier alpha value is -3.96. The fourth-order valence-corrected chi connectivity index (χ4v) is 4.67. The molecule has 0 atom stereocenters. The molecule has 36 heavy (non-hydrogen) atoms. The summed E-state index contributed by atoms with van der Waals surface area (Å²) >= 11 is 6.27. The van der Waals surface area contributed by atoms with Gasteiger partial charge in [-0.15, -0.1) is 0 Å². The van der Waals surface area contributed by atoms with Crippen molar-refractivity contribution in [2.24, 2.45) is 0 Å². The van der Waals surface area contributed by atoms with Crippen LogP contribution in [0.5, 0.6) is 0 Å². The summed E-state index contributed by atoms with van der Waals surface area (Å²) < 4.78 is 0. The monoisotopic (exact) mass is 496 g/mol. The number of para-hydroxylation sites is 2. The van der Waals surface area contributed by atoms with Crippen LogP contribution >= 0.6 is 11.6 Å². The van der Waals surface area contributed by atoms with Crippen LogP contribution < -0.4 is 20.4 Å². The Morgan fingerprint density at radius 1 is 0.694 bits per heavy atom. The Morgan fingerprint density at radius 2 is 1.28 bits per heavy atom. The molecule has 1 aliphatic rings. The summed E-state index contributed by atoms with van der Waals surface area (Å²) in [4.78, 5) is 17.9. The lowest BCUT2D eigenvalue weighted by Crippen LogP contribution is -2.46. The second-order valence-corrected chi connectivity index (χ2v) is 9.30. The summed E-state index contributed by atoms with van der Waals surface area (Å²) in [6.45, 7) is 5.85. The molecule has 0 unspecified atom stereocenters. The van der Waals surface area contributed by atoms with Crippen molar-refractivity contribution in [3.63, 3.8) is 0 Å². The molecule has 0 bridgehead atoms. The summed E-state index contributed by atoms with van der Waals surface area (Å²) in [5.74, 6) is -0.165. The number of nitrogens with zero attached hydrogens (tertiary/aromatic N) is 2. The van der Waals surface area contributed by atoms with Crippen LogP contribution in [0.2, 0.25) is 5.02 Å². The third-order valence-corrected chi connectivity index (χ3v) is 7.01. The minimum Gasteiger partial charge on any atom is -0.368 e. The summed E-state index contributed by atoms with van der Waals surface area (Å²) in [5.41, 5.74) is 6.32. The largest absolute Gasteiger partial charge is 0.368 e. The van der Waals surface area contributed by atoms with Crippen LogP contribution in [-0.4, -0.2) is 32.1 Å². The minimum atomic E-state index is -0.165. The van der Waals surface area contributed by atoms with Crippen LogP contribution in [0.1, 0.15) is 15.9 Å². The maximum atomic E-state index is 13.1. The molecular formula is C30H29ClN4O. The second kappa shape index (κ2) is 10.8. The lowest BCUT2D eigenvalue weighted by Gasteiger charge is -2.37. The molecule has 4 aromatic carbocycles. The molecule has 0 saturated carbocycles. The van der Waals surface area contributed by atoms with Crippen molar-refractivity contribution in [1.82, 2.24) is 0 Å². The number of carbonyl (C=O) groups excluding carboxylic acids is 1. The van der Waals surface area contributed by atoms with Gasteiger partial charge in [0.1, 0.15) is 0 Å². The molecule has 1 heterocycles. The lowest BCUT2D eigenvalue weighted by molar-refractivity contribution is 0.102. The highest BCUT2D eigenvalue weighted by Crippen LogP contribution is 2.28. The number of hydrogen-bond acceptors (Lipinski definition) is 4. The van der Waals surface area contributed by atoms with Gasteiger partial charge in [-0.2, -0.15) is 0 Å². The Kier molecular flexibility index (Phi) is 7.10. The molecule has 6 heteroatoms. The number of hydrogen-bond donors (Lipinski definition) is 2. The molecule has 1 amide bonds. The number of carbonyl (C=O) groups is 1. The Bertz CT molecular complexity index is 1330. The van der Waals surface area contributed by atoms with Crippen LogP contribution in [-0.2, 0) is 0 Å². The standard InChI is InChI=1S/C30H29ClN4O/c1-22-27(31)11-7-13-28(22)33-29-12-6-5-10-26(29)30(36)32-23-14-16-25(17-15-23)35-20-18-34(19-21-35)24-8-3-2-4-9-24/h2-17,33H,18-21H2,1H3,(H,32,36). The number of halogens is 1. The maximum absolute atomic E-state index is 13.1. The van der Waals surface area contributed by atoms with E-state index in [1.165, 1.54) is 11.4 Å². The zero-order chi connectivity index (χ0) is 24.9. The highest BCUT2D eigenvalue weighted by Gasteiger charge is 2.18. The van der Waals surface area contributed by atoms with E-state index in [0.717, 1.165) is 48.8 Å². The van der Waals surface area contributed by atoms with Gasteiger partial charge in [-0.05, 0) is 73.2 Å². The van der Waals surface area contributed by atoms with Crippen LogP contribution in [0.4, 0.5) is 28.4 Å². The van der Waals surface area contributed by atoms with E-state index >= 15 is 0 Å². The topological polar surface area (TPSA) is 47.6 Å². The van der Waals surface area contributed by atoms with E-state index in [2.05, 4.69) is 62.9 Å². The third kappa shape index (κ3) is 5.31. The van der Waals surface area contributed by atoms with E-state index in [-0.39, 0.29) is 5.91 Å². The van der Waals surface area contributed by atoms with E-state index in [1.54, 1.807) is 0 Å². The Labute approximate surface area is 217 Å². The maximum Gasteiger partial charge on any atom is 0.257 e. The minimum absolute atomic E-state index is 0.165. The molecular weight excluding hydrogens is 468 g/mol. The first-order valence-corrected chi connectivity index (χ1v) is 12.5. The van der Waals surface area contributed by atoms with E-state index in [4.69, 9.17) is 11.6 Å². The van der Waals surface area contributed by atoms with E-state index in [9.17, 15) is 4.79 Å². The second-order valence-electron chi connectivity index (χ2n) is 8.89. The molecule has 2 N–H and O–H groups in total. The van der Waals surface area contributed by atoms with Gasteiger partial charge in [0.25, 0.3) is 5.91 Å². The predicted octanol–water partition coefficient (Wildman–Crippen LogP) is 6.97. The molecule has 4 aromatic rings. The quantitative estimate of drug-likeness (QED) is 0.302. The van der Waals surface area contributed by atoms with Crippen LogP contribution in [0, 0.1) is 6.92 Å². The summed E-state index contributed by atoms with van der Waals surface area (Å²) in [5, 5.41) is 7.08. The van der Waals surface area contributed by atoms with Crippen molar-refractivity contribution >= 4 is 45.9 Å².